The van der Waals surface area contributed by atoms with E-state index in [1.807, 2.05) is 24.4 Å². The molecule has 1 saturated heterocycles. The van der Waals surface area contributed by atoms with Gasteiger partial charge in [0.2, 0.25) is 9.84 Å². The van der Waals surface area contributed by atoms with Crippen molar-refractivity contribution in [2.45, 2.75) is 41.1 Å². The summed E-state index contributed by atoms with van der Waals surface area (Å²) in [7, 11) is -0.0244. The lowest BCUT2D eigenvalue weighted by molar-refractivity contribution is 0.416. The maximum absolute atomic E-state index is 13.6. The summed E-state index contributed by atoms with van der Waals surface area (Å²) in [6, 6.07) is 11.4. The number of sulfone groups is 1. The number of hydrogen-bond acceptors (Lipinski definition) is 4. The average Bonchev–Trinajstić information content (AvgIpc) is 3.44. The Morgan fingerprint density at radius 2 is 1.94 bits per heavy atom. The highest BCUT2D eigenvalue weighted by atomic mass is 35.5. The third kappa shape index (κ3) is 2.83. The van der Waals surface area contributed by atoms with Crippen molar-refractivity contribution in [3.8, 4) is 5.75 Å². The molecule has 2 aliphatic rings. The second-order valence-electron chi connectivity index (χ2n) is 8.37. The van der Waals surface area contributed by atoms with Crippen molar-refractivity contribution in [1.82, 2.24) is 14.9 Å². The maximum atomic E-state index is 13.6. The molecule has 2 aromatic heterocycles. The SMILES string of the molecule is COc1cc(S(=O)(=O)c2ccc3[nH]ccc3c2)cc2c3c(n(C)c12)CC1CCC3N1.Cl. The molecule has 31 heavy (non-hydrogen) atoms. The molecule has 4 aromatic rings. The van der Waals surface area contributed by atoms with Crippen LogP contribution in [0.15, 0.2) is 52.4 Å². The Kier molecular flexibility index (Phi) is 4.62. The van der Waals surface area contributed by atoms with Crippen LogP contribution in [0.5, 0.6) is 5.75 Å². The van der Waals surface area contributed by atoms with Gasteiger partial charge in [0.05, 0.1) is 22.4 Å². The summed E-state index contributed by atoms with van der Waals surface area (Å²) in [5, 5.41) is 5.54. The Balaban J connectivity index is 0.00000204. The Morgan fingerprint density at radius 3 is 2.74 bits per heavy atom. The number of aryl methyl sites for hydroxylation is 1. The number of nitrogens with zero attached hydrogens (tertiary/aromatic N) is 1. The van der Waals surface area contributed by atoms with Crippen molar-refractivity contribution in [2.75, 3.05) is 7.11 Å². The first-order chi connectivity index (χ1) is 14.5. The van der Waals surface area contributed by atoms with Crippen LogP contribution in [-0.2, 0) is 23.3 Å². The fourth-order valence-electron chi connectivity index (χ4n) is 5.33. The van der Waals surface area contributed by atoms with Crippen LogP contribution in [0.4, 0.5) is 0 Å². The monoisotopic (exact) mass is 457 g/mol. The highest BCUT2D eigenvalue weighted by Crippen LogP contribution is 2.45. The molecule has 6 rings (SSSR count). The van der Waals surface area contributed by atoms with Gasteiger partial charge < -0.3 is 19.6 Å². The molecule has 6 nitrogen and oxygen atoms in total. The first kappa shape index (κ1) is 20.4. The molecular weight excluding hydrogens is 434 g/mol. The molecule has 0 saturated carbocycles. The van der Waals surface area contributed by atoms with Gasteiger partial charge in [-0.15, -0.1) is 12.4 Å². The molecule has 1 fully saturated rings. The van der Waals surface area contributed by atoms with Crippen LogP contribution in [0.25, 0.3) is 21.8 Å². The fraction of sp³-hybridized carbons (Fsp3) is 0.304. The minimum atomic E-state index is -3.69. The van der Waals surface area contributed by atoms with Crippen molar-refractivity contribution < 1.29 is 13.2 Å². The number of methoxy groups -OCH3 is 1. The number of aromatic nitrogens is 2. The van der Waals surface area contributed by atoms with Crippen molar-refractivity contribution in [1.29, 1.82) is 0 Å². The van der Waals surface area contributed by atoms with Crippen molar-refractivity contribution in [2.24, 2.45) is 7.05 Å². The Morgan fingerprint density at radius 1 is 1.10 bits per heavy atom. The number of nitrogens with one attached hydrogen (secondary N) is 2. The molecule has 0 spiro atoms. The van der Waals surface area contributed by atoms with Gasteiger partial charge >= 0.3 is 0 Å². The molecule has 2 N–H and O–H groups in total. The summed E-state index contributed by atoms with van der Waals surface area (Å²) in [4.78, 5) is 3.67. The van der Waals surface area contributed by atoms with E-state index in [9.17, 15) is 8.42 Å². The average molecular weight is 458 g/mol. The largest absolute Gasteiger partial charge is 0.495 e. The number of ether oxygens (including phenoxy) is 1. The molecule has 2 atom stereocenters. The number of hydrogen-bond donors (Lipinski definition) is 2. The molecular formula is C23H24ClN3O3S. The van der Waals surface area contributed by atoms with Gasteiger partial charge in [-0.25, -0.2) is 8.42 Å². The van der Waals surface area contributed by atoms with Gasteiger partial charge in [-0.2, -0.15) is 0 Å². The molecule has 2 bridgehead atoms. The summed E-state index contributed by atoms with van der Waals surface area (Å²) in [5.41, 5.74) is 4.41. The number of benzene rings is 2. The number of fused-ring (bicyclic) bond motifs is 7. The number of aromatic amines is 1. The highest BCUT2D eigenvalue weighted by molar-refractivity contribution is 7.91. The number of halogens is 1. The van der Waals surface area contributed by atoms with Gasteiger partial charge in [-0.05, 0) is 48.7 Å². The van der Waals surface area contributed by atoms with E-state index >= 15 is 0 Å². The van der Waals surface area contributed by atoms with Crippen LogP contribution < -0.4 is 10.1 Å². The standard InChI is InChI=1S/C23H23N3O3S.ClH/c1-26-20-10-14-3-5-19(25-14)22(20)17-11-16(12-21(29-2)23(17)26)30(27,28)15-4-6-18-13(9-15)7-8-24-18;/h4,6-9,11-12,14,19,24-25H,3,5,10H2,1-2H3;1H. The lowest BCUT2D eigenvalue weighted by Crippen LogP contribution is -2.32. The van der Waals surface area contributed by atoms with E-state index in [2.05, 4.69) is 21.9 Å². The van der Waals surface area contributed by atoms with Gasteiger partial charge in [-0.1, -0.05) is 0 Å². The van der Waals surface area contributed by atoms with E-state index in [0.29, 0.717) is 16.7 Å². The molecule has 0 amide bonds. The van der Waals surface area contributed by atoms with Crippen LogP contribution in [0.3, 0.4) is 0 Å². The van der Waals surface area contributed by atoms with Crippen LogP contribution in [0.1, 0.15) is 30.1 Å². The van der Waals surface area contributed by atoms with E-state index < -0.39 is 9.84 Å². The molecule has 0 radical (unpaired) electrons. The van der Waals surface area contributed by atoms with Crippen LogP contribution in [0.2, 0.25) is 0 Å². The summed E-state index contributed by atoms with van der Waals surface area (Å²) in [6.45, 7) is 0. The molecule has 2 unspecified atom stereocenters. The molecule has 0 aliphatic carbocycles. The van der Waals surface area contributed by atoms with Gasteiger partial charge in [0.25, 0.3) is 0 Å². The van der Waals surface area contributed by atoms with Gasteiger partial charge in [-0.3, -0.25) is 0 Å². The molecule has 162 valence electrons. The van der Waals surface area contributed by atoms with Crippen molar-refractivity contribution in [3.63, 3.8) is 0 Å². The first-order valence-electron chi connectivity index (χ1n) is 10.2. The lowest BCUT2D eigenvalue weighted by Gasteiger charge is -2.23. The maximum Gasteiger partial charge on any atom is 0.206 e. The predicted molar refractivity (Wildman–Crippen MR) is 123 cm³/mol. The Labute approximate surface area is 186 Å². The van der Waals surface area contributed by atoms with Crippen molar-refractivity contribution in [3.05, 3.63) is 53.9 Å². The van der Waals surface area contributed by atoms with Crippen LogP contribution >= 0.6 is 12.4 Å². The van der Waals surface area contributed by atoms with Crippen molar-refractivity contribution >= 4 is 44.1 Å². The van der Waals surface area contributed by atoms with Crippen LogP contribution in [0, 0.1) is 0 Å². The van der Waals surface area contributed by atoms with E-state index in [1.54, 1.807) is 25.3 Å². The minimum absolute atomic E-state index is 0. The van der Waals surface area contributed by atoms with E-state index in [-0.39, 0.29) is 23.3 Å². The molecule has 2 aliphatic heterocycles. The van der Waals surface area contributed by atoms with E-state index in [0.717, 1.165) is 41.1 Å². The predicted octanol–water partition coefficient (Wildman–Crippen LogP) is 4.27. The quantitative estimate of drug-likeness (QED) is 0.481. The zero-order chi connectivity index (χ0) is 20.6. The third-order valence-electron chi connectivity index (χ3n) is 6.78. The highest BCUT2D eigenvalue weighted by Gasteiger charge is 2.37. The number of H-pyrrole nitrogens is 1. The smallest absolute Gasteiger partial charge is 0.206 e. The topological polar surface area (TPSA) is 76.1 Å². The van der Waals surface area contributed by atoms with E-state index in [1.165, 1.54) is 11.3 Å². The van der Waals surface area contributed by atoms with Gasteiger partial charge in [0, 0.05) is 59.8 Å². The number of rotatable bonds is 3. The summed E-state index contributed by atoms with van der Waals surface area (Å²) in [6.07, 6.45) is 5.02. The first-order valence-corrected chi connectivity index (χ1v) is 11.7. The zero-order valence-corrected chi connectivity index (χ0v) is 18.9. The van der Waals surface area contributed by atoms with E-state index in [4.69, 9.17) is 4.74 Å². The Hall–Kier alpha value is -2.48. The molecule has 4 heterocycles. The zero-order valence-electron chi connectivity index (χ0n) is 17.3. The summed E-state index contributed by atoms with van der Waals surface area (Å²) < 4.78 is 35.0. The summed E-state index contributed by atoms with van der Waals surface area (Å²) >= 11 is 0. The lowest BCUT2D eigenvalue weighted by atomic mass is 9.99. The minimum Gasteiger partial charge on any atom is -0.495 e. The molecule has 8 heteroatoms. The van der Waals surface area contributed by atoms with Crippen LogP contribution in [-0.4, -0.2) is 31.1 Å². The van der Waals surface area contributed by atoms with Gasteiger partial charge in [0.1, 0.15) is 5.75 Å². The summed E-state index contributed by atoms with van der Waals surface area (Å²) in [5.74, 6) is 0.599. The van der Waals surface area contributed by atoms with Gasteiger partial charge in [0.15, 0.2) is 0 Å². The normalized spacial score (nSPS) is 20.1. The third-order valence-corrected chi connectivity index (χ3v) is 8.51. The molecule has 2 aromatic carbocycles. The fourth-order valence-corrected chi connectivity index (χ4v) is 6.66. The Bertz CT molecular complexity index is 1440. The second kappa shape index (κ2) is 7.02. The second-order valence-corrected chi connectivity index (χ2v) is 10.3.